The minimum absolute atomic E-state index is 0.157. The summed E-state index contributed by atoms with van der Waals surface area (Å²) in [6.45, 7) is 2.76. The molecule has 0 N–H and O–H groups in total. The fourth-order valence-electron chi connectivity index (χ4n) is 4.13. The number of fused-ring (bicyclic) bond motifs is 2. The van der Waals surface area contributed by atoms with Crippen molar-refractivity contribution >= 4 is 23.0 Å². The van der Waals surface area contributed by atoms with Crippen LogP contribution < -0.4 is 4.90 Å². The van der Waals surface area contributed by atoms with Crippen LogP contribution >= 0.6 is 0 Å². The molecule has 7 nitrogen and oxygen atoms in total. The summed E-state index contributed by atoms with van der Waals surface area (Å²) < 4.78 is 7.08. The first-order valence-corrected chi connectivity index (χ1v) is 9.98. The molecule has 2 amide bonds. The van der Waals surface area contributed by atoms with E-state index in [4.69, 9.17) is 4.74 Å². The van der Waals surface area contributed by atoms with Crippen molar-refractivity contribution in [3.63, 3.8) is 0 Å². The molecule has 3 aromatic rings. The molecule has 148 valence electrons. The van der Waals surface area contributed by atoms with Crippen LogP contribution in [0.5, 0.6) is 0 Å². The molecule has 5 rings (SSSR count). The number of carbonyl (C=O) groups excluding carboxylic acids is 2. The van der Waals surface area contributed by atoms with Crippen LogP contribution in [-0.2, 0) is 11.2 Å². The van der Waals surface area contributed by atoms with Crippen LogP contribution in [0, 0.1) is 0 Å². The molecule has 2 aromatic heterocycles. The summed E-state index contributed by atoms with van der Waals surface area (Å²) in [7, 11) is 0. The number of hydrogen-bond acceptors (Lipinski definition) is 4. The van der Waals surface area contributed by atoms with E-state index >= 15 is 0 Å². The smallest absolute Gasteiger partial charge is 0.294 e. The zero-order chi connectivity index (χ0) is 19.8. The number of hydrogen-bond donors (Lipinski definition) is 0. The van der Waals surface area contributed by atoms with Gasteiger partial charge in [0.2, 0.25) is 5.82 Å². The lowest BCUT2D eigenvalue weighted by Crippen LogP contribution is -2.41. The Kier molecular flexibility index (Phi) is 4.52. The number of pyridine rings is 1. The number of morpholine rings is 1. The van der Waals surface area contributed by atoms with E-state index in [9.17, 15) is 9.59 Å². The minimum Gasteiger partial charge on any atom is -0.378 e. The van der Waals surface area contributed by atoms with E-state index in [-0.39, 0.29) is 17.6 Å². The van der Waals surface area contributed by atoms with E-state index in [0.29, 0.717) is 44.1 Å². The highest BCUT2D eigenvalue weighted by Gasteiger charge is 2.30. The average Bonchev–Trinajstić information content (AvgIpc) is 3.18. The number of aryl methyl sites for hydroxylation is 1. The Labute approximate surface area is 168 Å². The third-order valence-corrected chi connectivity index (χ3v) is 5.60. The van der Waals surface area contributed by atoms with E-state index in [2.05, 4.69) is 11.1 Å². The largest absolute Gasteiger partial charge is 0.378 e. The van der Waals surface area contributed by atoms with E-state index in [1.807, 2.05) is 36.4 Å². The maximum Gasteiger partial charge on any atom is 0.294 e. The van der Waals surface area contributed by atoms with Gasteiger partial charge in [0.25, 0.3) is 11.8 Å². The summed E-state index contributed by atoms with van der Waals surface area (Å²) >= 11 is 0. The van der Waals surface area contributed by atoms with Gasteiger partial charge >= 0.3 is 0 Å². The number of nitrogens with zero attached hydrogens (tertiary/aromatic N) is 4. The number of rotatable bonds is 2. The molecule has 2 aliphatic heterocycles. The lowest BCUT2D eigenvalue weighted by atomic mass is 10.0. The molecule has 29 heavy (non-hydrogen) atoms. The van der Waals surface area contributed by atoms with Crippen LogP contribution in [0.1, 0.15) is 33.1 Å². The van der Waals surface area contributed by atoms with Gasteiger partial charge in [0.1, 0.15) is 0 Å². The molecule has 1 saturated heterocycles. The lowest BCUT2D eigenvalue weighted by Gasteiger charge is -2.28. The third-order valence-electron chi connectivity index (χ3n) is 5.60. The second-order valence-corrected chi connectivity index (χ2v) is 7.33. The Morgan fingerprint density at radius 1 is 0.931 bits per heavy atom. The SMILES string of the molecule is O=C(c1nc(C(=O)N2CCCc3ccccc32)n2ccccc12)N1CCOCC1. The standard InChI is InChI=1S/C22H22N4O3/c27-21(24-12-14-29-15-13-24)19-18-9-3-4-10-25(18)20(23-19)22(28)26-11-5-7-16-6-1-2-8-17(16)26/h1-4,6,8-10H,5,7,11-15H2. The number of imidazole rings is 1. The fraction of sp³-hybridized carbons (Fsp3) is 0.318. The van der Waals surface area contributed by atoms with Crippen molar-refractivity contribution in [2.45, 2.75) is 12.8 Å². The van der Waals surface area contributed by atoms with Gasteiger partial charge in [0.05, 0.1) is 18.7 Å². The second-order valence-electron chi connectivity index (χ2n) is 7.33. The summed E-state index contributed by atoms with van der Waals surface area (Å²) in [4.78, 5) is 34.7. The predicted octanol–water partition coefficient (Wildman–Crippen LogP) is 2.40. The normalized spacial score (nSPS) is 16.7. The van der Waals surface area contributed by atoms with Crippen molar-refractivity contribution in [2.75, 3.05) is 37.7 Å². The molecule has 0 unspecified atom stereocenters. The summed E-state index contributed by atoms with van der Waals surface area (Å²) in [6.07, 6.45) is 3.66. The van der Waals surface area contributed by atoms with Crippen molar-refractivity contribution in [3.8, 4) is 0 Å². The van der Waals surface area contributed by atoms with Crippen LogP contribution in [0.15, 0.2) is 48.7 Å². The quantitative estimate of drug-likeness (QED) is 0.674. The van der Waals surface area contributed by atoms with Gasteiger partial charge in [-0.15, -0.1) is 0 Å². The molecule has 1 fully saturated rings. The predicted molar refractivity (Wildman–Crippen MR) is 108 cm³/mol. The number of anilines is 1. The van der Waals surface area contributed by atoms with Crippen molar-refractivity contribution in [2.24, 2.45) is 0 Å². The molecule has 0 bridgehead atoms. The molecular weight excluding hydrogens is 368 g/mol. The fourth-order valence-corrected chi connectivity index (χ4v) is 4.13. The number of benzene rings is 1. The van der Waals surface area contributed by atoms with Gasteiger partial charge < -0.3 is 14.5 Å². The lowest BCUT2D eigenvalue weighted by molar-refractivity contribution is 0.0300. The first-order chi connectivity index (χ1) is 14.2. The van der Waals surface area contributed by atoms with E-state index < -0.39 is 0 Å². The summed E-state index contributed by atoms with van der Waals surface area (Å²) in [5.74, 6) is -0.0663. The third kappa shape index (κ3) is 3.07. The zero-order valence-electron chi connectivity index (χ0n) is 16.1. The van der Waals surface area contributed by atoms with E-state index in [0.717, 1.165) is 24.1 Å². The molecule has 0 atom stereocenters. The second kappa shape index (κ2) is 7.33. The Morgan fingerprint density at radius 2 is 1.72 bits per heavy atom. The van der Waals surface area contributed by atoms with Crippen LogP contribution in [-0.4, -0.2) is 58.9 Å². The molecule has 0 radical (unpaired) electrons. The highest BCUT2D eigenvalue weighted by atomic mass is 16.5. The van der Waals surface area contributed by atoms with Gasteiger partial charge in [0, 0.05) is 31.5 Å². The van der Waals surface area contributed by atoms with Crippen molar-refractivity contribution in [3.05, 3.63) is 65.7 Å². The number of aromatic nitrogens is 2. The molecule has 1 aromatic carbocycles. The Bertz CT molecular complexity index is 1080. The Balaban J connectivity index is 1.56. The molecule has 4 heterocycles. The molecule has 0 aliphatic carbocycles. The van der Waals surface area contributed by atoms with Crippen molar-refractivity contribution in [1.29, 1.82) is 0 Å². The maximum absolute atomic E-state index is 13.5. The highest BCUT2D eigenvalue weighted by Crippen LogP contribution is 2.28. The van der Waals surface area contributed by atoms with Gasteiger partial charge in [-0.1, -0.05) is 24.3 Å². The van der Waals surface area contributed by atoms with Crippen LogP contribution in [0.4, 0.5) is 5.69 Å². The van der Waals surface area contributed by atoms with Gasteiger partial charge in [-0.2, -0.15) is 0 Å². The first kappa shape index (κ1) is 17.9. The summed E-state index contributed by atoms with van der Waals surface area (Å²) in [5.41, 5.74) is 3.06. The van der Waals surface area contributed by atoms with Gasteiger partial charge in [-0.3, -0.25) is 14.0 Å². The first-order valence-electron chi connectivity index (χ1n) is 9.98. The van der Waals surface area contributed by atoms with Crippen molar-refractivity contribution in [1.82, 2.24) is 14.3 Å². The van der Waals surface area contributed by atoms with Crippen LogP contribution in [0.25, 0.3) is 5.52 Å². The molecule has 0 spiro atoms. The number of ether oxygens (including phenoxy) is 1. The molecule has 7 heteroatoms. The molecule has 2 aliphatic rings. The number of amides is 2. The minimum atomic E-state index is -0.181. The van der Waals surface area contributed by atoms with E-state index in [1.54, 1.807) is 20.4 Å². The molecule has 0 saturated carbocycles. The van der Waals surface area contributed by atoms with Gasteiger partial charge in [-0.25, -0.2) is 4.98 Å². The maximum atomic E-state index is 13.5. The summed E-state index contributed by atoms with van der Waals surface area (Å²) in [5, 5.41) is 0. The number of para-hydroxylation sites is 1. The summed E-state index contributed by atoms with van der Waals surface area (Å²) in [6, 6.07) is 13.5. The highest BCUT2D eigenvalue weighted by molar-refractivity contribution is 6.07. The van der Waals surface area contributed by atoms with Gasteiger partial charge in [0.15, 0.2) is 5.69 Å². The Morgan fingerprint density at radius 3 is 2.59 bits per heavy atom. The van der Waals surface area contributed by atoms with Crippen molar-refractivity contribution < 1.29 is 14.3 Å². The molecular formula is C22H22N4O3. The van der Waals surface area contributed by atoms with Crippen LogP contribution in [0.3, 0.4) is 0 Å². The Hall–Kier alpha value is -3.19. The van der Waals surface area contributed by atoms with Gasteiger partial charge in [-0.05, 0) is 36.6 Å². The number of carbonyl (C=O) groups is 2. The topological polar surface area (TPSA) is 67.2 Å². The monoisotopic (exact) mass is 390 g/mol. The van der Waals surface area contributed by atoms with Crippen LogP contribution in [0.2, 0.25) is 0 Å². The zero-order valence-corrected chi connectivity index (χ0v) is 16.1. The van der Waals surface area contributed by atoms with E-state index in [1.165, 1.54) is 0 Å². The average molecular weight is 390 g/mol.